The third kappa shape index (κ3) is 5.38. The van der Waals surface area contributed by atoms with E-state index < -0.39 is 11.5 Å². The first-order valence-electron chi connectivity index (χ1n) is 12.3. The van der Waals surface area contributed by atoms with E-state index in [0.29, 0.717) is 13.0 Å². The van der Waals surface area contributed by atoms with Gasteiger partial charge in [-0.2, -0.15) is 0 Å². The van der Waals surface area contributed by atoms with E-state index in [1.54, 1.807) is 0 Å². The maximum Gasteiger partial charge on any atom is 0.410 e. The minimum Gasteiger partial charge on any atom is -0.445 e. The van der Waals surface area contributed by atoms with Crippen LogP contribution >= 0.6 is 0 Å². The van der Waals surface area contributed by atoms with E-state index in [9.17, 15) is 9.59 Å². The molecular formula is C32H31NO3. The van der Waals surface area contributed by atoms with E-state index in [2.05, 4.69) is 0 Å². The van der Waals surface area contributed by atoms with Crippen LogP contribution in [-0.4, -0.2) is 29.9 Å². The molecule has 0 atom stereocenters. The zero-order chi connectivity index (χ0) is 25.2. The smallest absolute Gasteiger partial charge is 0.410 e. The molecule has 4 nitrogen and oxygen atoms in total. The third-order valence-electron chi connectivity index (χ3n) is 6.33. The monoisotopic (exact) mass is 477 g/mol. The lowest BCUT2D eigenvalue weighted by atomic mass is 9.66. The van der Waals surface area contributed by atoms with Crippen LogP contribution < -0.4 is 0 Å². The molecule has 0 spiro atoms. The second-order valence-corrected chi connectivity index (χ2v) is 8.73. The highest BCUT2D eigenvalue weighted by atomic mass is 16.6. The molecule has 4 aromatic carbocycles. The molecule has 0 saturated carbocycles. The van der Waals surface area contributed by atoms with Gasteiger partial charge in [-0.1, -0.05) is 128 Å². The quantitative estimate of drug-likeness (QED) is 0.241. The number of carbonyl (C=O) groups excluding carboxylic acids is 2. The van der Waals surface area contributed by atoms with Crippen LogP contribution in [-0.2, 0) is 21.6 Å². The molecule has 0 aliphatic rings. The van der Waals surface area contributed by atoms with Gasteiger partial charge < -0.3 is 9.64 Å². The highest BCUT2D eigenvalue weighted by Crippen LogP contribution is 2.40. The maximum absolute atomic E-state index is 14.5. The maximum atomic E-state index is 14.5. The van der Waals surface area contributed by atoms with E-state index in [1.165, 1.54) is 4.90 Å². The van der Waals surface area contributed by atoms with Crippen LogP contribution in [0.5, 0.6) is 0 Å². The minimum atomic E-state index is -1.07. The van der Waals surface area contributed by atoms with Crippen molar-refractivity contribution in [1.29, 1.82) is 0 Å². The number of hydrogen-bond donors (Lipinski definition) is 0. The van der Waals surface area contributed by atoms with Crippen molar-refractivity contribution in [3.05, 3.63) is 144 Å². The van der Waals surface area contributed by atoms with Gasteiger partial charge in [0, 0.05) is 6.54 Å². The number of Topliss-reactive ketones (excluding diaryl/α,β-unsaturated/α-hetero) is 1. The predicted octanol–water partition coefficient (Wildman–Crippen LogP) is 6.64. The molecule has 4 heteroatoms. The normalized spacial score (nSPS) is 11.0. The summed E-state index contributed by atoms with van der Waals surface area (Å²) in [4.78, 5) is 29.1. The molecule has 0 N–H and O–H groups in total. The zero-order valence-electron chi connectivity index (χ0n) is 20.5. The van der Waals surface area contributed by atoms with Crippen LogP contribution in [0.3, 0.4) is 0 Å². The van der Waals surface area contributed by atoms with E-state index in [1.807, 2.05) is 128 Å². The Kier molecular flexibility index (Phi) is 8.30. The van der Waals surface area contributed by atoms with Crippen LogP contribution in [0, 0.1) is 0 Å². The van der Waals surface area contributed by atoms with Crippen molar-refractivity contribution in [2.75, 3.05) is 13.1 Å². The fourth-order valence-electron chi connectivity index (χ4n) is 4.65. The number of carbonyl (C=O) groups is 2. The summed E-state index contributed by atoms with van der Waals surface area (Å²) in [5, 5.41) is 0. The summed E-state index contributed by atoms with van der Waals surface area (Å²) in [7, 11) is 0. The molecular weight excluding hydrogens is 446 g/mol. The minimum absolute atomic E-state index is 0.0693. The molecule has 0 heterocycles. The number of nitrogens with zero attached hydrogens (tertiary/aromatic N) is 1. The fourth-order valence-corrected chi connectivity index (χ4v) is 4.65. The van der Waals surface area contributed by atoms with Crippen molar-refractivity contribution >= 4 is 11.9 Å². The fraction of sp³-hybridized carbons (Fsp3) is 0.188. The Morgan fingerprint density at radius 1 is 0.667 bits per heavy atom. The Morgan fingerprint density at radius 2 is 1.08 bits per heavy atom. The lowest BCUT2D eigenvalue weighted by Crippen LogP contribution is -2.47. The molecule has 0 unspecified atom stereocenters. The molecule has 0 fully saturated rings. The average Bonchev–Trinajstić information content (AvgIpc) is 2.94. The van der Waals surface area contributed by atoms with Gasteiger partial charge in [0.25, 0.3) is 0 Å². The first-order valence-corrected chi connectivity index (χ1v) is 12.3. The van der Waals surface area contributed by atoms with Crippen LogP contribution in [0.2, 0.25) is 0 Å². The number of ether oxygens (including phenoxy) is 1. The van der Waals surface area contributed by atoms with Crippen molar-refractivity contribution in [3.63, 3.8) is 0 Å². The van der Waals surface area contributed by atoms with Crippen LogP contribution in [0.4, 0.5) is 4.79 Å². The molecule has 1 amide bonds. The van der Waals surface area contributed by atoms with E-state index in [0.717, 1.165) is 22.3 Å². The first kappa shape index (κ1) is 24.9. The average molecular weight is 478 g/mol. The van der Waals surface area contributed by atoms with E-state index in [4.69, 9.17) is 4.74 Å². The molecule has 4 rings (SSSR count). The van der Waals surface area contributed by atoms with Gasteiger partial charge in [0.05, 0.1) is 6.54 Å². The van der Waals surface area contributed by atoms with Gasteiger partial charge in [-0.3, -0.25) is 4.79 Å². The van der Waals surface area contributed by atoms with Gasteiger partial charge in [-0.25, -0.2) is 4.79 Å². The summed E-state index contributed by atoms with van der Waals surface area (Å²) < 4.78 is 5.61. The van der Waals surface area contributed by atoms with Crippen LogP contribution in [0.15, 0.2) is 121 Å². The molecule has 182 valence electrons. The van der Waals surface area contributed by atoms with Crippen molar-refractivity contribution in [2.45, 2.75) is 25.4 Å². The molecule has 36 heavy (non-hydrogen) atoms. The van der Waals surface area contributed by atoms with E-state index in [-0.39, 0.29) is 18.9 Å². The largest absolute Gasteiger partial charge is 0.445 e. The van der Waals surface area contributed by atoms with E-state index >= 15 is 0 Å². The number of ketones is 1. The van der Waals surface area contributed by atoms with Crippen molar-refractivity contribution in [1.82, 2.24) is 4.90 Å². The Bertz CT molecular complexity index is 1150. The van der Waals surface area contributed by atoms with Crippen molar-refractivity contribution in [3.8, 4) is 0 Å². The number of hydrogen-bond acceptors (Lipinski definition) is 3. The van der Waals surface area contributed by atoms with Gasteiger partial charge in [0.1, 0.15) is 12.0 Å². The summed E-state index contributed by atoms with van der Waals surface area (Å²) in [5.74, 6) is -0.0868. The van der Waals surface area contributed by atoms with Gasteiger partial charge in [0.2, 0.25) is 0 Å². The Labute approximate surface area is 213 Å². The van der Waals surface area contributed by atoms with Crippen LogP contribution in [0.25, 0.3) is 0 Å². The van der Waals surface area contributed by atoms with Gasteiger partial charge in [-0.05, 0) is 28.7 Å². The molecule has 4 aromatic rings. The molecule has 0 aromatic heterocycles. The summed E-state index contributed by atoms with van der Waals surface area (Å²) in [6, 6.07) is 39.0. The second kappa shape index (κ2) is 12.0. The number of amides is 1. The SMILES string of the molecule is CCCN(CC(=O)C(c1ccccc1)(c1ccccc1)c1ccccc1)C(=O)OCc1ccccc1. The Balaban J connectivity index is 1.73. The molecule has 0 aliphatic carbocycles. The molecule has 0 radical (unpaired) electrons. The van der Waals surface area contributed by atoms with Crippen molar-refractivity contribution in [2.24, 2.45) is 0 Å². The summed E-state index contributed by atoms with van der Waals surface area (Å²) in [5.41, 5.74) is 2.42. The Morgan fingerprint density at radius 3 is 1.50 bits per heavy atom. The van der Waals surface area contributed by atoms with Crippen molar-refractivity contribution < 1.29 is 14.3 Å². The zero-order valence-corrected chi connectivity index (χ0v) is 20.5. The van der Waals surface area contributed by atoms with Crippen LogP contribution in [0.1, 0.15) is 35.6 Å². The van der Waals surface area contributed by atoms with Gasteiger partial charge >= 0.3 is 6.09 Å². The Hall–Kier alpha value is -4.18. The van der Waals surface area contributed by atoms with Gasteiger partial charge in [0.15, 0.2) is 5.78 Å². The lowest BCUT2D eigenvalue weighted by molar-refractivity contribution is -0.123. The molecule has 0 aliphatic heterocycles. The summed E-state index contributed by atoms with van der Waals surface area (Å²) >= 11 is 0. The standard InChI is InChI=1S/C32H31NO3/c1-2-23-33(31(35)36-25-26-15-7-3-8-16-26)24-30(34)32(27-17-9-4-10-18-27,28-19-11-5-12-20-28)29-21-13-6-14-22-29/h3-22H,2,23-25H2,1H3. The molecule has 0 bridgehead atoms. The number of benzene rings is 4. The summed E-state index contributed by atoms with van der Waals surface area (Å²) in [6.07, 6.45) is 0.222. The lowest BCUT2D eigenvalue weighted by Gasteiger charge is -2.36. The highest BCUT2D eigenvalue weighted by molar-refractivity contribution is 6.00. The highest BCUT2D eigenvalue weighted by Gasteiger charge is 2.44. The van der Waals surface area contributed by atoms with Gasteiger partial charge in [-0.15, -0.1) is 0 Å². The number of rotatable bonds is 10. The molecule has 0 saturated heterocycles. The second-order valence-electron chi connectivity index (χ2n) is 8.73. The first-order chi connectivity index (χ1) is 17.7. The summed E-state index contributed by atoms with van der Waals surface area (Å²) in [6.45, 7) is 2.50. The third-order valence-corrected chi connectivity index (χ3v) is 6.33. The topological polar surface area (TPSA) is 46.6 Å². The predicted molar refractivity (Wildman–Crippen MR) is 143 cm³/mol.